The average molecular weight is 226 g/mol. The predicted octanol–water partition coefficient (Wildman–Crippen LogP) is 2.20. The largest absolute Gasteiger partial charge is 0.354 e. The fraction of sp³-hybridized carbons (Fsp3) is 0.923. The molecule has 0 saturated heterocycles. The lowest BCUT2D eigenvalue weighted by atomic mass is 9.83. The maximum atomic E-state index is 11.7. The summed E-state index contributed by atoms with van der Waals surface area (Å²) in [6.45, 7) is 5.10. The van der Waals surface area contributed by atoms with Crippen LogP contribution in [0.5, 0.6) is 0 Å². The van der Waals surface area contributed by atoms with Crippen LogP contribution in [0.15, 0.2) is 0 Å². The first-order valence-corrected chi connectivity index (χ1v) is 6.67. The second-order valence-electron chi connectivity index (χ2n) is 5.17. The zero-order chi connectivity index (χ0) is 12.0. The highest BCUT2D eigenvalue weighted by Gasteiger charge is 2.32. The molecule has 1 unspecified atom stereocenters. The fourth-order valence-electron chi connectivity index (χ4n) is 2.63. The lowest BCUT2D eigenvalue weighted by Crippen LogP contribution is -2.44. The highest BCUT2D eigenvalue weighted by atomic mass is 16.2. The molecule has 0 aromatic carbocycles. The van der Waals surface area contributed by atoms with Gasteiger partial charge in [-0.2, -0.15) is 0 Å². The van der Waals surface area contributed by atoms with Crippen LogP contribution in [0.25, 0.3) is 0 Å². The summed E-state index contributed by atoms with van der Waals surface area (Å²) in [5, 5.41) is 3.04. The number of carbonyl (C=O) groups excluding carboxylic acids is 1. The summed E-state index contributed by atoms with van der Waals surface area (Å²) < 4.78 is 0. The quantitative estimate of drug-likeness (QED) is 0.729. The molecule has 1 aliphatic carbocycles. The van der Waals surface area contributed by atoms with E-state index in [0.29, 0.717) is 5.41 Å². The number of amides is 1. The lowest BCUT2D eigenvalue weighted by molar-refractivity contribution is -0.123. The number of rotatable bonds is 6. The first-order chi connectivity index (χ1) is 7.63. The second-order valence-corrected chi connectivity index (χ2v) is 5.17. The van der Waals surface area contributed by atoms with E-state index in [4.69, 9.17) is 5.73 Å². The molecule has 1 rings (SSSR count). The monoisotopic (exact) mass is 226 g/mol. The van der Waals surface area contributed by atoms with E-state index in [0.717, 1.165) is 25.8 Å². The topological polar surface area (TPSA) is 55.1 Å². The van der Waals surface area contributed by atoms with E-state index in [9.17, 15) is 4.79 Å². The van der Waals surface area contributed by atoms with Crippen LogP contribution in [0.1, 0.15) is 58.8 Å². The van der Waals surface area contributed by atoms with Crippen molar-refractivity contribution in [1.82, 2.24) is 5.32 Å². The first-order valence-electron chi connectivity index (χ1n) is 6.67. The van der Waals surface area contributed by atoms with Gasteiger partial charge in [0.2, 0.25) is 5.91 Å². The third-order valence-electron chi connectivity index (χ3n) is 3.99. The van der Waals surface area contributed by atoms with Gasteiger partial charge in [-0.25, -0.2) is 0 Å². The van der Waals surface area contributed by atoms with E-state index in [1.165, 1.54) is 25.7 Å². The number of nitrogens with two attached hydrogens (primary N) is 1. The van der Waals surface area contributed by atoms with Crippen LogP contribution in [0.2, 0.25) is 0 Å². The van der Waals surface area contributed by atoms with Crippen LogP contribution in [0.4, 0.5) is 0 Å². The highest BCUT2D eigenvalue weighted by Crippen LogP contribution is 2.40. The highest BCUT2D eigenvalue weighted by molar-refractivity contribution is 5.81. The van der Waals surface area contributed by atoms with Gasteiger partial charge < -0.3 is 11.1 Å². The zero-order valence-corrected chi connectivity index (χ0v) is 10.7. The minimum atomic E-state index is -0.319. The summed E-state index contributed by atoms with van der Waals surface area (Å²) in [5.74, 6) is 0.0292. The normalized spacial score (nSPS) is 20.7. The lowest BCUT2D eigenvalue weighted by Gasteiger charge is -2.28. The number of nitrogens with one attached hydrogen (secondary N) is 1. The van der Waals surface area contributed by atoms with Gasteiger partial charge in [-0.3, -0.25) is 4.79 Å². The Hall–Kier alpha value is -0.570. The number of hydrogen-bond acceptors (Lipinski definition) is 2. The molecule has 0 spiro atoms. The summed E-state index contributed by atoms with van der Waals surface area (Å²) in [6, 6.07) is -0.319. The molecule has 1 saturated carbocycles. The number of carbonyl (C=O) groups is 1. The molecule has 1 atom stereocenters. The molecular formula is C13H26N2O. The van der Waals surface area contributed by atoms with Crippen molar-refractivity contribution in [2.75, 3.05) is 6.54 Å². The van der Waals surface area contributed by atoms with Crippen LogP contribution < -0.4 is 11.1 Å². The molecule has 0 aromatic heterocycles. The van der Waals surface area contributed by atoms with Crippen LogP contribution in [0, 0.1) is 5.41 Å². The molecule has 1 fully saturated rings. The van der Waals surface area contributed by atoms with Gasteiger partial charge in [0, 0.05) is 6.54 Å². The maximum absolute atomic E-state index is 11.7. The Morgan fingerprint density at radius 1 is 1.38 bits per heavy atom. The Bertz CT molecular complexity index is 222. The summed E-state index contributed by atoms with van der Waals surface area (Å²) in [4.78, 5) is 11.7. The Kier molecular flexibility index (Phi) is 5.26. The molecule has 94 valence electrons. The van der Waals surface area contributed by atoms with Gasteiger partial charge in [0.15, 0.2) is 0 Å². The summed E-state index contributed by atoms with van der Waals surface area (Å²) in [5.41, 5.74) is 6.15. The molecule has 3 nitrogen and oxygen atoms in total. The molecule has 1 aliphatic rings. The van der Waals surface area contributed by atoms with Crippen molar-refractivity contribution >= 4 is 5.91 Å². The van der Waals surface area contributed by atoms with Crippen LogP contribution in [-0.2, 0) is 4.79 Å². The van der Waals surface area contributed by atoms with Gasteiger partial charge in [0.05, 0.1) is 6.04 Å². The number of hydrogen-bond donors (Lipinski definition) is 2. The van der Waals surface area contributed by atoms with E-state index in [1.807, 2.05) is 0 Å². The predicted molar refractivity (Wildman–Crippen MR) is 67.1 cm³/mol. The van der Waals surface area contributed by atoms with Gasteiger partial charge in [0.1, 0.15) is 0 Å². The van der Waals surface area contributed by atoms with Crippen molar-refractivity contribution in [2.45, 2.75) is 64.8 Å². The Balaban J connectivity index is 2.35. The molecule has 0 bridgehead atoms. The van der Waals surface area contributed by atoms with Gasteiger partial charge >= 0.3 is 0 Å². The van der Waals surface area contributed by atoms with E-state index in [1.54, 1.807) is 0 Å². The van der Waals surface area contributed by atoms with Gasteiger partial charge in [-0.1, -0.05) is 33.1 Å². The molecule has 0 heterocycles. The molecule has 16 heavy (non-hydrogen) atoms. The summed E-state index contributed by atoms with van der Waals surface area (Å²) >= 11 is 0. The molecule has 3 heteroatoms. The second kappa shape index (κ2) is 6.24. The fourth-order valence-corrected chi connectivity index (χ4v) is 2.63. The van der Waals surface area contributed by atoms with Crippen LogP contribution in [-0.4, -0.2) is 18.5 Å². The van der Waals surface area contributed by atoms with Gasteiger partial charge in [-0.05, 0) is 31.1 Å². The Labute approximate surface area is 99.2 Å². The molecule has 1 amide bonds. The van der Waals surface area contributed by atoms with Crippen molar-refractivity contribution in [3.63, 3.8) is 0 Å². The zero-order valence-electron chi connectivity index (χ0n) is 10.7. The molecule has 0 aliphatic heterocycles. The average Bonchev–Trinajstić information content (AvgIpc) is 2.75. The maximum Gasteiger partial charge on any atom is 0.236 e. The summed E-state index contributed by atoms with van der Waals surface area (Å²) in [6.07, 6.45) is 8.05. The van der Waals surface area contributed by atoms with Crippen molar-refractivity contribution < 1.29 is 4.79 Å². The molecule has 0 radical (unpaired) electrons. The summed E-state index contributed by atoms with van der Waals surface area (Å²) in [7, 11) is 0. The van der Waals surface area contributed by atoms with E-state index in [2.05, 4.69) is 19.2 Å². The van der Waals surface area contributed by atoms with Crippen molar-refractivity contribution in [3.8, 4) is 0 Å². The van der Waals surface area contributed by atoms with E-state index < -0.39 is 0 Å². The van der Waals surface area contributed by atoms with Gasteiger partial charge in [0.25, 0.3) is 0 Å². The van der Waals surface area contributed by atoms with Crippen molar-refractivity contribution in [1.29, 1.82) is 0 Å². The third kappa shape index (κ3) is 3.48. The van der Waals surface area contributed by atoms with E-state index in [-0.39, 0.29) is 11.9 Å². The minimum absolute atomic E-state index is 0.0292. The van der Waals surface area contributed by atoms with Crippen molar-refractivity contribution in [3.05, 3.63) is 0 Å². The standard InChI is InChI=1S/C13H26N2O/c1-3-7-11(14)12(16)15-10-13(4-2)8-5-6-9-13/h11H,3-10,14H2,1-2H3,(H,15,16). The third-order valence-corrected chi connectivity index (χ3v) is 3.99. The Morgan fingerprint density at radius 2 is 2.00 bits per heavy atom. The van der Waals surface area contributed by atoms with Crippen LogP contribution >= 0.6 is 0 Å². The minimum Gasteiger partial charge on any atom is -0.354 e. The first kappa shape index (κ1) is 13.5. The molecule has 0 aromatic rings. The van der Waals surface area contributed by atoms with Gasteiger partial charge in [-0.15, -0.1) is 0 Å². The smallest absolute Gasteiger partial charge is 0.236 e. The van der Waals surface area contributed by atoms with Crippen molar-refractivity contribution in [2.24, 2.45) is 11.1 Å². The SMILES string of the molecule is CCCC(N)C(=O)NCC1(CC)CCCC1. The van der Waals surface area contributed by atoms with E-state index >= 15 is 0 Å². The molecule has 3 N–H and O–H groups in total. The van der Waals surface area contributed by atoms with Crippen LogP contribution in [0.3, 0.4) is 0 Å². The Morgan fingerprint density at radius 3 is 2.50 bits per heavy atom. The molecular weight excluding hydrogens is 200 g/mol.